The number of rotatable bonds is 2. The molecule has 0 spiro atoms. The van der Waals surface area contributed by atoms with Crippen molar-refractivity contribution in [2.24, 2.45) is 5.73 Å². The van der Waals surface area contributed by atoms with Gasteiger partial charge >= 0.3 is 5.69 Å². The summed E-state index contributed by atoms with van der Waals surface area (Å²) in [6.45, 7) is 0. The van der Waals surface area contributed by atoms with Crippen LogP contribution in [0.25, 0.3) is 11.0 Å². The van der Waals surface area contributed by atoms with Gasteiger partial charge < -0.3 is 15.7 Å². The van der Waals surface area contributed by atoms with Gasteiger partial charge in [0.25, 0.3) is 0 Å². The molecule has 0 amide bonds. The Hall–Kier alpha value is -2.06. The van der Waals surface area contributed by atoms with Gasteiger partial charge in [-0.15, -0.1) is 0 Å². The summed E-state index contributed by atoms with van der Waals surface area (Å²) >= 11 is 0. The molecule has 1 unspecified atom stereocenters. The summed E-state index contributed by atoms with van der Waals surface area (Å²) < 4.78 is 0. The van der Waals surface area contributed by atoms with Gasteiger partial charge in [-0.05, 0) is 17.7 Å². The lowest BCUT2D eigenvalue weighted by atomic mass is 10.1. The standard InChI is InChI=1S/C10H10N4O/c11-5-7(12)3-6-1-2-8-9(4-6)14-10(15)13-8/h1-2,4,7H,3,12H2,(H2,13,14,15). The number of fused-ring (bicyclic) bond motifs is 1. The normalized spacial score (nSPS) is 12.5. The first kappa shape index (κ1) is 9.49. The second kappa shape index (κ2) is 3.59. The van der Waals surface area contributed by atoms with Crippen molar-refractivity contribution in [3.8, 4) is 6.07 Å². The molecule has 1 heterocycles. The Balaban J connectivity index is 2.39. The van der Waals surface area contributed by atoms with Crippen LogP contribution in [-0.4, -0.2) is 16.0 Å². The molecule has 0 aliphatic carbocycles. The first-order valence-corrected chi connectivity index (χ1v) is 4.55. The third-order valence-electron chi connectivity index (χ3n) is 2.20. The molecule has 4 N–H and O–H groups in total. The van der Waals surface area contributed by atoms with Crippen molar-refractivity contribution in [3.05, 3.63) is 34.2 Å². The number of aromatic amines is 2. The van der Waals surface area contributed by atoms with Crippen molar-refractivity contribution < 1.29 is 0 Å². The van der Waals surface area contributed by atoms with Crippen molar-refractivity contribution in [1.82, 2.24) is 9.97 Å². The van der Waals surface area contributed by atoms with Crippen LogP contribution < -0.4 is 11.4 Å². The molecule has 0 radical (unpaired) electrons. The van der Waals surface area contributed by atoms with Crippen molar-refractivity contribution in [2.45, 2.75) is 12.5 Å². The molecule has 0 aliphatic heterocycles. The minimum atomic E-state index is -0.506. The number of hydrogen-bond donors (Lipinski definition) is 3. The molecule has 1 atom stereocenters. The number of aromatic nitrogens is 2. The zero-order chi connectivity index (χ0) is 10.8. The lowest BCUT2D eigenvalue weighted by Gasteiger charge is -2.02. The van der Waals surface area contributed by atoms with Gasteiger partial charge in [0.1, 0.15) is 0 Å². The van der Waals surface area contributed by atoms with E-state index in [1.807, 2.05) is 18.2 Å². The van der Waals surface area contributed by atoms with Gasteiger partial charge in [0.15, 0.2) is 0 Å². The fourth-order valence-corrected chi connectivity index (χ4v) is 1.51. The maximum Gasteiger partial charge on any atom is 0.323 e. The minimum absolute atomic E-state index is 0.230. The maximum atomic E-state index is 11.0. The van der Waals surface area contributed by atoms with E-state index in [0.717, 1.165) is 16.6 Å². The quantitative estimate of drug-likeness (QED) is 0.650. The molecule has 1 aromatic heterocycles. The summed E-state index contributed by atoms with van der Waals surface area (Å²) in [5, 5.41) is 8.57. The van der Waals surface area contributed by atoms with Crippen LogP contribution in [0, 0.1) is 11.3 Å². The lowest BCUT2D eigenvalue weighted by molar-refractivity contribution is 0.824. The molecule has 15 heavy (non-hydrogen) atoms. The SMILES string of the molecule is N#CC(N)Cc1ccc2[nH]c(=O)[nH]c2c1. The third kappa shape index (κ3) is 1.90. The first-order chi connectivity index (χ1) is 7.19. The van der Waals surface area contributed by atoms with Gasteiger partial charge in [-0.2, -0.15) is 5.26 Å². The second-order valence-electron chi connectivity index (χ2n) is 3.40. The molecule has 76 valence electrons. The molecule has 0 saturated heterocycles. The first-order valence-electron chi connectivity index (χ1n) is 4.55. The van der Waals surface area contributed by atoms with E-state index in [4.69, 9.17) is 11.0 Å². The van der Waals surface area contributed by atoms with E-state index in [-0.39, 0.29) is 5.69 Å². The van der Waals surface area contributed by atoms with Gasteiger partial charge in [-0.1, -0.05) is 6.07 Å². The van der Waals surface area contributed by atoms with Gasteiger partial charge in [0, 0.05) is 6.42 Å². The number of nitrogens with two attached hydrogens (primary N) is 1. The molecule has 0 fully saturated rings. The molecule has 2 aromatic rings. The fraction of sp³-hybridized carbons (Fsp3) is 0.200. The van der Waals surface area contributed by atoms with Crippen molar-refractivity contribution in [2.75, 3.05) is 0 Å². The summed E-state index contributed by atoms with van der Waals surface area (Å²) in [4.78, 5) is 16.3. The molecule has 0 saturated carbocycles. The number of nitrogens with one attached hydrogen (secondary N) is 2. The van der Waals surface area contributed by atoms with Crippen molar-refractivity contribution in [3.63, 3.8) is 0 Å². The average Bonchev–Trinajstić information content (AvgIpc) is 2.57. The summed E-state index contributed by atoms with van der Waals surface area (Å²) in [7, 11) is 0. The predicted octanol–water partition coefficient (Wildman–Crippen LogP) is 0.250. The molecule has 5 heteroatoms. The predicted molar refractivity (Wildman–Crippen MR) is 56.2 cm³/mol. The molecule has 2 rings (SSSR count). The molecule has 1 aromatic carbocycles. The number of nitrogens with zero attached hydrogens (tertiary/aromatic N) is 1. The van der Waals surface area contributed by atoms with Crippen LogP contribution in [0.2, 0.25) is 0 Å². The number of H-pyrrole nitrogens is 2. The van der Waals surface area contributed by atoms with Gasteiger partial charge in [0.05, 0.1) is 23.1 Å². The minimum Gasteiger partial charge on any atom is -0.316 e. The van der Waals surface area contributed by atoms with E-state index in [2.05, 4.69) is 9.97 Å². The summed E-state index contributed by atoms with van der Waals surface area (Å²) in [5.74, 6) is 0. The largest absolute Gasteiger partial charge is 0.323 e. The Bertz CT molecular complexity index is 575. The summed E-state index contributed by atoms with van der Waals surface area (Å²) in [6.07, 6.45) is 0.486. The molecule has 0 bridgehead atoms. The van der Waals surface area contributed by atoms with Crippen LogP contribution in [0.4, 0.5) is 0 Å². The third-order valence-corrected chi connectivity index (χ3v) is 2.20. The highest BCUT2D eigenvalue weighted by Crippen LogP contribution is 2.11. The van der Waals surface area contributed by atoms with Crippen LogP contribution in [0.3, 0.4) is 0 Å². The number of nitriles is 1. The van der Waals surface area contributed by atoms with Crippen LogP contribution in [0.15, 0.2) is 23.0 Å². The van der Waals surface area contributed by atoms with Crippen LogP contribution >= 0.6 is 0 Å². The van der Waals surface area contributed by atoms with E-state index >= 15 is 0 Å². The highest BCUT2D eigenvalue weighted by molar-refractivity contribution is 5.75. The Morgan fingerprint density at radius 3 is 2.87 bits per heavy atom. The number of imidazole rings is 1. The number of hydrogen-bond acceptors (Lipinski definition) is 3. The highest BCUT2D eigenvalue weighted by Gasteiger charge is 2.04. The van der Waals surface area contributed by atoms with E-state index < -0.39 is 6.04 Å². The Kier molecular flexibility index (Phi) is 2.27. The zero-order valence-corrected chi connectivity index (χ0v) is 7.95. The van der Waals surface area contributed by atoms with Crippen LogP contribution in [0.5, 0.6) is 0 Å². The topological polar surface area (TPSA) is 98.5 Å². The fourth-order valence-electron chi connectivity index (χ4n) is 1.51. The van der Waals surface area contributed by atoms with Gasteiger partial charge in [-0.25, -0.2) is 4.79 Å². The van der Waals surface area contributed by atoms with Gasteiger partial charge in [0.2, 0.25) is 0 Å². The van der Waals surface area contributed by atoms with E-state index in [9.17, 15) is 4.79 Å². The monoisotopic (exact) mass is 202 g/mol. The Morgan fingerprint density at radius 1 is 1.40 bits per heavy atom. The summed E-state index contributed by atoms with van der Waals surface area (Å²) in [5.41, 5.74) is 7.72. The Morgan fingerprint density at radius 2 is 2.13 bits per heavy atom. The zero-order valence-electron chi connectivity index (χ0n) is 7.95. The molecular weight excluding hydrogens is 192 g/mol. The van der Waals surface area contributed by atoms with Crippen molar-refractivity contribution >= 4 is 11.0 Å². The Labute approximate surface area is 85.5 Å². The summed E-state index contributed by atoms with van der Waals surface area (Å²) in [6, 6.07) is 6.93. The molecule has 5 nitrogen and oxygen atoms in total. The average molecular weight is 202 g/mol. The lowest BCUT2D eigenvalue weighted by Crippen LogP contribution is -2.19. The van der Waals surface area contributed by atoms with E-state index in [0.29, 0.717) is 6.42 Å². The van der Waals surface area contributed by atoms with Crippen molar-refractivity contribution in [1.29, 1.82) is 5.26 Å². The van der Waals surface area contributed by atoms with Crippen LogP contribution in [0.1, 0.15) is 5.56 Å². The van der Waals surface area contributed by atoms with Gasteiger partial charge in [-0.3, -0.25) is 0 Å². The second-order valence-corrected chi connectivity index (χ2v) is 3.40. The van der Waals surface area contributed by atoms with E-state index in [1.54, 1.807) is 6.07 Å². The van der Waals surface area contributed by atoms with Crippen LogP contribution in [-0.2, 0) is 6.42 Å². The molecular formula is C10H10N4O. The smallest absolute Gasteiger partial charge is 0.316 e. The molecule has 0 aliphatic rings. The highest BCUT2D eigenvalue weighted by atomic mass is 16.1. The maximum absolute atomic E-state index is 11.0. The van der Waals surface area contributed by atoms with E-state index in [1.165, 1.54) is 0 Å². The number of benzene rings is 1.